The largest absolute Gasteiger partial charge is 0.508 e. The highest BCUT2D eigenvalue weighted by molar-refractivity contribution is 6.09. The first-order valence-corrected chi connectivity index (χ1v) is 11.5. The molecule has 2 fully saturated rings. The van der Waals surface area contributed by atoms with Crippen LogP contribution in [0.3, 0.4) is 0 Å². The standard InChI is InChI=1S/C28H23N3O5/c29-15-18-6-10-20(11-7-18)24-22-23(26(34)31(25(22)33)16-19-4-2-1-3-5-19)28(30-24,27(35)36)14-17-8-12-21(32)13-9-17/h1-13,22-24,30,32H,14,16H2,(H,35,36). The van der Waals surface area contributed by atoms with Gasteiger partial charge >= 0.3 is 5.97 Å². The first-order valence-electron chi connectivity index (χ1n) is 11.5. The average molecular weight is 482 g/mol. The van der Waals surface area contributed by atoms with E-state index in [1.807, 2.05) is 36.4 Å². The second-order valence-corrected chi connectivity index (χ2v) is 9.23. The first kappa shape index (κ1) is 23.3. The Labute approximate surface area is 207 Å². The summed E-state index contributed by atoms with van der Waals surface area (Å²) >= 11 is 0. The lowest BCUT2D eigenvalue weighted by Crippen LogP contribution is -2.57. The van der Waals surface area contributed by atoms with Crippen molar-refractivity contribution in [3.05, 3.63) is 101 Å². The molecule has 3 aromatic carbocycles. The van der Waals surface area contributed by atoms with E-state index in [9.17, 15) is 24.6 Å². The Bertz CT molecular complexity index is 1370. The Kier molecular flexibility index (Phi) is 5.78. The zero-order chi connectivity index (χ0) is 25.4. The van der Waals surface area contributed by atoms with E-state index in [1.165, 1.54) is 12.1 Å². The molecular weight excluding hydrogens is 458 g/mol. The van der Waals surface area contributed by atoms with Crippen LogP contribution in [0.25, 0.3) is 0 Å². The number of carbonyl (C=O) groups is 3. The summed E-state index contributed by atoms with van der Waals surface area (Å²) < 4.78 is 0. The van der Waals surface area contributed by atoms with Gasteiger partial charge in [-0.25, -0.2) is 0 Å². The van der Waals surface area contributed by atoms with Gasteiger partial charge in [0.1, 0.15) is 11.3 Å². The third-order valence-corrected chi connectivity index (χ3v) is 7.13. The third kappa shape index (κ3) is 3.80. The van der Waals surface area contributed by atoms with Crippen molar-refractivity contribution in [2.75, 3.05) is 0 Å². The monoisotopic (exact) mass is 481 g/mol. The molecule has 2 aliphatic heterocycles. The number of amides is 2. The lowest BCUT2D eigenvalue weighted by atomic mass is 9.76. The minimum absolute atomic E-state index is 0.0389. The molecule has 3 aromatic rings. The summed E-state index contributed by atoms with van der Waals surface area (Å²) in [6.45, 7) is 0.0561. The van der Waals surface area contributed by atoms with Crippen LogP contribution in [0.4, 0.5) is 0 Å². The predicted octanol–water partition coefficient (Wildman–Crippen LogP) is 2.78. The summed E-state index contributed by atoms with van der Waals surface area (Å²) in [4.78, 5) is 41.5. The van der Waals surface area contributed by atoms with Gasteiger partial charge in [0.05, 0.1) is 30.0 Å². The van der Waals surface area contributed by atoms with Crippen LogP contribution in [0.1, 0.15) is 28.3 Å². The molecule has 0 bridgehead atoms. The Morgan fingerprint density at radius 2 is 1.61 bits per heavy atom. The number of phenolic OH excluding ortho intramolecular Hbond substituents is 1. The quantitative estimate of drug-likeness (QED) is 0.462. The van der Waals surface area contributed by atoms with Crippen molar-refractivity contribution >= 4 is 17.8 Å². The number of carboxylic acids is 1. The van der Waals surface area contributed by atoms with Gasteiger partial charge in [0.2, 0.25) is 11.8 Å². The van der Waals surface area contributed by atoms with Crippen LogP contribution in [0.2, 0.25) is 0 Å². The predicted molar refractivity (Wildman–Crippen MR) is 128 cm³/mol. The maximum absolute atomic E-state index is 13.8. The molecule has 4 unspecified atom stereocenters. The van der Waals surface area contributed by atoms with Gasteiger partial charge in [-0.1, -0.05) is 54.6 Å². The summed E-state index contributed by atoms with van der Waals surface area (Å²) in [5, 5.41) is 32.5. The van der Waals surface area contributed by atoms with E-state index in [-0.39, 0.29) is 18.7 Å². The van der Waals surface area contributed by atoms with Gasteiger partial charge < -0.3 is 10.2 Å². The van der Waals surface area contributed by atoms with E-state index in [4.69, 9.17) is 5.26 Å². The molecule has 180 valence electrons. The number of phenols is 1. The first-order chi connectivity index (χ1) is 17.3. The number of hydrogen-bond donors (Lipinski definition) is 3. The molecule has 0 aliphatic carbocycles. The molecule has 2 saturated heterocycles. The molecule has 4 atom stereocenters. The highest BCUT2D eigenvalue weighted by Crippen LogP contribution is 2.50. The molecule has 0 aromatic heterocycles. The van der Waals surface area contributed by atoms with Gasteiger partial charge in [-0.05, 0) is 41.0 Å². The zero-order valence-electron chi connectivity index (χ0n) is 19.2. The smallest absolute Gasteiger partial charge is 0.325 e. The molecule has 36 heavy (non-hydrogen) atoms. The molecular formula is C28H23N3O5. The molecule has 5 rings (SSSR count). The summed E-state index contributed by atoms with van der Waals surface area (Å²) in [7, 11) is 0. The normalized spacial score (nSPS) is 25.0. The number of aliphatic carboxylic acids is 1. The second-order valence-electron chi connectivity index (χ2n) is 9.23. The molecule has 8 heteroatoms. The fraction of sp³-hybridized carbons (Fsp3) is 0.214. The van der Waals surface area contributed by atoms with Gasteiger partial charge in [-0.15, -0.1) is 0 Å². The number of imide groups is 1. The number of nitrogens with one attached hydrogen (secondary N) is 1. The minimum Gasteiger partial charge on any atom is -0.508 e. The van der Waals surface area contributed by atoms with Gasteiger partial charge in [0, 0.05) is 12.5 Å². The molecule has 0 spiro atoms. The van der Waals surface area contributed by atoms with Crippen LogP contribution < -0.4 is 5.32 Å². The highest BCUT2D eigenvalue weighted by atomic mass is 16.4. The van der Waals surface area contributed by atoms with Crippen LogP contribution in [0.15, 0.2) is 78.9 Å². The van der Waals surface area contributed by atoms with Crippen LogP contribution in [0, 0.1) is 23.2 Å². The Balaban J connectivity index is 1.60. The maximum Gasteiger partial charge on any atom is 0.325 e. The van der Waals surface area contributed by atoms with E-state index in [2.05, 4.69) is 5.32 Å². The number of rotatable bonds is 6. The van der Waals surface area contributed by atoms with Crippen molar-refractivity contribution in [2.24, 2.45) is 11.8 Å². The molecule has 2 heterocycles. The number of nitriles is 1. The number of carboxylic acid groups (broad SMARTS) is 1. The van der Waals surface area contributed by atoms with Crippen molar-refractivity contribution in [1.82, 2.24) is 10.2 Å². The van der Waals surface area contributed by atoms with E-state index >= 15 is 0 Å². The maximum atomic E-state index is 13.8. The summed E-state index contributed by atoms with van der Waals surface area (Å²) in [5.74, 6) is -4.22. The van der Waals surface area contributed by atoms with Crippen LogP contribution in [-0.2, 0) is 27.3 Å². The number of likely N-dealkylation sites (tertiary alicyclic amines) is 1. The van der Waals surface area contributed by atoms with Gasteiger partial charge in [-0.2, -0.15) is 5.26 Å². The van der Waals surface area contributed by atoms with Crippen LogP contribution in [-0.4, -0.2) is 38.4 Å². The Morgan fingerprint density at radius 3 is 2.22 bits per heavy atom. The Morgan fingerprint density at radius 1 is 0.944 bits per heavy atom. The van der Waals surface area contributed by atoms with E-state index in [1.54, 1.807) is 36.4 Å². The molecule has 3 N–H and O–H groups in total. The molecule has 2 aliphatic rings. The SMILES string of the molecule is N#Cc1ccc(C2NC(Cc3ccc(O)cc3)(C(=O)O)C3C(=O)N(Cc4ccccc4)C(=O)C23)cc1. The summed E-state index contributed by atoms with van der Waals surface area (Å²) in [6, 6.07) is 23.1. The van der Waals surface area contributed by atoms with Gasteiger partial charge in [-0.3, -0.25) is 24.6 Å². The highest BCUT2D eigenvalue weighted by Gasteiger charge is 2.68. The fourth-order valence-electron chi connectivity index (χ4n) is 5.41. The van der Waals surface area contributed by atoms with Gasteiger partial charge in [0.25, 0.3) is 0 Å². The average Bonchev–Trinajstić information content (AvgIpc) is 3.36. The Hall–Kier alpha value is -4.48. The minimum atomic E-state index is -1.75. The number of benzene rings is 3. The number of aromatic hydroxyl groups is 1. The van der Waals surface area contributed by atoms with Gasteiger partial charge in [0.15, 0.2) is 0 Å². The number of nitrogens with zero attached hydrogens (tertiary/aromatic N) is 2. The summed E-state index contributed by atoms with van der Waals surface area (Å²) in [5.41, 5.74) is 0.672. The lowest BCUT2D eigenvalue weighted by Gasteiger charge is -2.31. The molecule has 0 saturated carbocycles. The van der Waals surface area contributed by atoms with Crippen LogP contribution in [0.5, 0.6) is 5.75 Å². The zero-order valence-corrected chi connectivity index (χ0v) is 19.2. The van der Waals surface area contributed by atoms with Crippen molar-refractivity contribution in [3.8, 4) is 11.8 Å². The van der Waals surface area contributed by atoms with Crippen molar-refractivity contribution in [2.45, 2.75) is 24.5 Å². The summed E-state index contributed by atoms with van der Waals surface area (Å²) in [6.07, 6.45) is -0.0608. The van der Waals surface area contributed by atoms with E-state index in [0.29, 0.717) is 16.7 Å². The van der Waals surface area contributed by atoms with Crippen molar-refractivity contribution in [1.29, 1.82) is 5.26 Å². The van der Waals surface area contributed by atoms with E-state index < -0.39 is 41.2 Å². The number of carbonyl (C=O) groups excluding carboxylic acids is 2. The van der Waals surface area contributed by atoms with E-state index in [0.717, 1.165) is 10.5 Å². The molecule has 0 radical (unpaired) electrons. The fourth-order valence-corrected chi connectivity index (χ4v) is 5.41. The van der Waals surface area contributed by atoms with Crippen molar-refractivity contribution < 1.29 is 24.6 Å². The molecule has 8 nitrogen and oxygen atoms in total. The lowest BCUT2D eigenvalue weighted by molar-refractivity contribution is -0.151. The number of fused-ring (bicyclic) bond motifs is 1. The van der Waals surface area contributed by atoms with Crippen molar-refractivity contribution in [3.63, 3.8) is 0 Å². The van der Waals surface area contributed by atoms with Crippen LogP contribution >= 0.6 is 0 Å². The topological polar surface area (TPSA) is 131 Å². The second kappa shape index (κ2) is 8.95. The molecule has 2 amide bonds. The third-order valence-electron chi connectivity index (χ3n) is 7.13. The number of hydrogen-bond acceptors (Lipinski definition) is 6.